The molecule has 0 bridgehead atoms. The first kappa shape index (κ1) is 9.82. The van der Waals surface area contributed by atoms with Gasteiger partial charge in [-0.15, -0.1) is 17.3 Å². The van der Waals surface area contributed by atoms with Crippen molar-refractivity contribution in [2.75, 3.05) is 6.61 Å². The van der Waals surface area contributed by atoms with Gasteiger partial charge in [0.1, 0.15) is 17.2 Å². The average Bonchev–Trinajstić information content (AvgIpc) is 2.53. The highest BCUT2D eigenvalue weighted by atomic mass is 32.1. The molecule has 0 aliphatic rings. The largest absolute Gasteiger partial charge is 0.479 e. The van der Waals surface area contributed by atoms with Crippen molar-refractivity contribution in [2.45, 2.75) is 13.8 Å². The number of ether oxygens (including phenoxy) is 1. The van der Waals surface area contributed by atoms with Crippen LogP contribution >= 0.6 is 11.3 Å². The number of hydrogen-bond acceptors (Lipinski definition) is 3. The van der Waals surface area contributed by atoms with Crippen molar-refractivity contribution in [1.82, 2.24) is 0 Å². The standard InChI is InChI=1S/C10H10O2S/c1-3-4-6-12-9-5-7-13-10(9)8(2)11/h5,7H,6H2,1-2H3. The highest BCUT2D eigenvalue weighted by Gasteiger charge is 2.08. The second-order valence-electron chi connectivity index (χ2n) is 2.39. The Kier molecular flexibility index (Phi) is 3.53. The first-order valence-electron chi connectivity index (χ1n) is 3.86. The fourth-order valence-corrected chi connectivity index (χ4v) is 1.59. The molecule has 1 aromatic heterocycles. The third-order valence-corrected chi connectivity index (χ3v) is 2.42. The third kappa shape index (κ3) is 2.60. The van der Waals surface area contributed by atoms with Crippen LogP contribution in [0.2, 0.25) is 0 Å². The number of ketones is 1. The molecule has 0 N–H and O–H groups in total. The predicted molar refractivity (Wildman–Crippen MR) is 53.3 cm³/mol. The molecule has 3 heteroatoms. The van der Waals surface area contributed by atoms with E-state index >= 15 is 0 Å². The maximum atomic E-state index is 11.1. The summed E-state index contributed by atoms with van der Waals surface area (Å²) in [6.45, 7) is 3.63. The molecule has 0 unspecified atom stereocenters. The van der Waals surface area contributed by atoms with E-state index in [-0.39, 0.29) is 5.78 Å². The lowest BCUT2D eigenvalue weighted by Crippen LogP contribution is -1.97. The Bertz CT molecular complexity index is 354. The van der Waals surface area contributed by atoms with Gasteiger partial charge in [0.05, 0.1) is 0 Å². The van der Waals surface area contributed by atoms with Crippen LogP contribution < -0.4 is 4.74 Å². The summed E-state index contributed by atoms with van der Waals surface area (Å²) in [6.07, 6.45) is 0. The molecule has 1 rings (SSSR count). The topological polar surface area (TPSA) is 26.3 Å². The maximum Gasteiger partial charge on any atom is 0.173 e. The van der Waals surface area contributed by atoms with E-state index in [0.717, 1.165) is 0 Å². The number of hydrogen-bond donors (Lipinski definition) is 0. The van der Waals surface area contributed by atoms with Crippen molar-refractivity contribution < 1.29 is 9.53 Å². The molecule has 68 valence electrons. The van der Waals surface area contributed by atoms with Gasteiger partial charge in [-0.1, -0.05) is 5.92 Å². The number of Topliss-reactive ketones (excluding diaryl/α,β-unsaturated/α-hetero) is 1. The van der Waals surface area contributed by atoms with E-state index in [9.17, 15) is 4.79 Å². The fraction of sp³-hybridized carbons (Fsp3) is 0.300. The Morgan fingerprint density at radius 1 is 1.69 bits per heavy atom. The van der Waals surface area contributed by atoms with Crippen molar-refractivity contribution >= 4 is 17.1 Å². The molecule has 0 aliphatic carbocycles. The number of carbonyl (C=O) groups is 1. The summed E-state index contributed by atoms with van der Waals surface area (Å²) in [4.78, 5) is 11.7. The van der Waals surface area contributed by atoms with Crippen LogP contribution in [0.4, 0.5) is 0 Å². The van der Waals surface area contributed by atoms with Crippen molar-refractivity contribution in [3.05, 3.63) is 16.3 Å². The van der Waals surface area contributed by atoms with Gasteiger partial charge in [-0.2, -0.15) is 0 Å². The molecule has 0 fully saturated rings. The molecule has 0 amide bonds. The van der Waals surface area contributed by atoms with Crippen LogP contribution in [-0.4, -0.2) is 12.4 Å². The van der Waals surface area contributed by atoms with E-state index in [1.165, 1.54) is 18.3 Å². The second kappa shape index (κ2) is 4.68. The normalized spacial score (nSPS) is 8.77. The number of thiophene rings is 1. The Hall–Kier alpha value is -1.27. The summed E-state index contributed by atoms with van der Waals surface area (Å²) in [7, 11) is 0. The number of carbonyl (C=O) groups excluding carboxylic acids is 1. The van der Waals surface area contributed by atoms with Gasteiger partial charge in [-0.05, 0) is 18.4 Å². The minimum Gasteiger partial charge on any atom is -0.479 e. The molecule has 0 spiro atoms. The molecule has 0 saturated heterocycles. The summed E-state index contributed by atoms with van der Waals surface area (Å²) in [5.74, 6) is 6.17. The van der Waals surface area contributed by atoms with Gasteiger partial charge in [-0.25, -0.2) is 0 Å². The zero-order valence-electron chi connectivity index (χ0n) is 7.59. The third-order valence-electron chi connectivity index (χ3n) is 1.43. The van der Waals surface area contributed by atoms with E-state index in [1.54, 1.807) is 13.0 Å². The van der Waals surface area contributed by atoms with Gasteiger partial charge in [0.2, 0.25) is 0 Å². The van der Waals surface area contributed by atoms with Crippen molar-refractivity contribution in [2.24, 2.45) is 0 Å². The average molecular weight is 194 g/mol. The minimum atomic E-state index is 0.0365. The summed E-state index contributed by atoms with van der Waals surface area (Å²) < 4.78 is 5.29. The second-order valence-corrected chi connectivity index (χ2v) is 3.30. The van der Waals surface area contributed by atoms with Crippen LogP contribution in [0.3, 0.4) is 0 Å². The molecule has 0 aromatic carbocycles. The molecule has 2 nitrogen and oxygen atoms in total. The van der Waals surface area contributed by atoms with Gasteiger partial charge in [0.25, 0.3) is 0 Å². The van der Waals surface area contributed by atoms with E-state index in [0.29, 0.717) is 17.2 Å². The van der Waals surface area contributed by atoms with Crippen molar-refractivity contribution in [3.8, 4) is 17.6 Å². The molecular weight excluding hydrogens is 184 g/mol. The quantitative estimate of drug-likeness (QED) is 0.545. The molecule has 0 saturated carbocycles. The van der Waals surface area contributed by atoms with Gasteiger partial charge < -0.3 is 4.74 Å². The zero-order valence-corrected chi connectivity index (χ0v) is 8.40. The Morgan fingerprint density at radius 3 is 3.08 bits per heavy atom. The van der Waals surface area contributed by atoms with Crippen molar-refractivity contribution in [3.63, 3.8) is 0 Å². The minimum absolute atomic E-state index is 0.0365. The summed E-state index contributed by atoms with van der Waals surface area (Å²) >= 11 is 1.39. The van der Waals surface area contributed by atoms with Crippen LogP contribution in [0.25, 0.3) is 0 Å². The SMILES string of the molecule is CC#CCOc1ccsc1C(C)=O. The van der Waals surface area contributed by atoms with Gasteiger partial charge in [0.15, 0.2) is 5.78 Å². The van der Waals surface area contributed by atoms with Gasteiger partial charge >= 0.3 is 0 Å². The number of rotatable bonds is 3. The first-order valence-corrected chi connectivity index (χ1v) is 4.74. The molecule has 0 aliphatic heterocycles. The molecule has 13 heavy (non-hydrogen) atoms. The van der Waals surface area contributed by atoms with Gasteiger partial charge in [-0.3, -0.25) is 4.79 Å². The molecule has 1 heterocycles. The Balaban J connectivity index is 2.69. The summed E-state index contributed by atoms with van der Waals surface area (Å²) in [5, 5.41) is 1.84. The van der Waals surface area contributed by atoms with E-state index in [2.05, 4.69) is 11.8 Å². The molecule has 1 aromatic rings. The molecule has 0 atom stereocenters. The lowest BCUT2D eigenvalue weighted by atomic mass is 10.3. The predicted octanol–water partition coefficient (Wildman–Crippen LogP) is 2.35. The monoisotopic (exact) mass is 194 g/mol. The Morgan fingerprint density at radius 2 is 2.46 bits per heavy atom. The highest BCUT2D eigenvalue weighted by Crippen LogP contribution is 2.24. The van der Waals surface area contributed by atoms with Crippen LogP contribution in [0.15, 0.2) is 11.4 Å². The highest BCUT2D eigenvalue weighted by molar-refractivity contribution is 7.12. The van der Waals surface area contributed by atoms with Crippen LogP contribution in [0.1, 0.15) is 23.5 Å². The van der Waals surface area contributed by atoms with E-state index < -0.39 is 0 Å². The molecular formula is C10H10O2S. The van der Waals surface area contributed by atoms with Crippen LogP contribution in [-0.2, 0) is 0 Å². The molecule has 0 radical (unpaired) electrons. The first-order chi connectivity index (χ1) is 6.25. The lowest BCUT2D eigenvalue weighted by molar-refractivity contribution is 0.101. The fourth-order valence-electron chi connectivity index (χ4n) is 0.854. The van der Waals surface area contributed by atoms with E-state index in [1.807, 2.05) is 5.38 Å². The van der Waals surface area contributed by atoms with E-state index in [4.69, 9.17) is 4.74 Å². The summed E-state index contributed by atoms with van der Waals surface area (Å²) in [6, 6.07) is 1.79. The van der Waals surface area contributed by atoms with Crippen LogP contribution in [0, 0.1) is 11.8 Å². The van der Waals surface area contributed by atoms with Crippen LogP contribution in [0.5, 0.6) is 5.75 Å². The Labute approximate surface area is 81.5 Å². The zero-order chi connectivity index (χ0) is 9.68. The summed E-state index contributed by atoms with van der Waals surface area (Å²) in [5.41, 5.74) is 0. The smallest absolute Gasteiger partial charge is 0.173 e. The lowest BCUT2D eigenvalue weighted by Gasteiger charge is -1.99. The van der Waals surface area contributed by atoms with Crippen molar-refractivity contribution in [1.29, 1.82) is 0 Å². The van der Waals surface area contributed by atoms with Gasteiger partial charge in [0, 0.05) is 6.92 Å². The maximum absolute atomic E-state index is 11.1.